The molecule has 1 saturated heterocycles. The van der Waals surface area contributed by atoms with Gasteiger partial charge in [0.1, 0.15) is 5.82 Å². The first-order chi connectivity index (χ1) is 11.9. The normalized spacial score (nSPS) is 19.0. The number of nitrogens with zero attached hydrogens (tertiary/aromatic N) is 3. The summed E-state index contributed by atoms with van der Waals surface area (Å²) in [4.78, 5) is 31.1. The predicted molar refractivity (Wildman–Crippen MR) is 96.8 cm³/mol. The van der Waals surface area contributed by atoms with Crippen LogP contribution in [0.1, 0.15) is 39.1 Å². The molecule has 0 bridgehead atoms. The van der Waals surface area contributed by atoms with Crippen molar-refractivity contribution in [1.29, 1.82) is 0 Å². The Morgan fingerprint density at radius 2 is 2.04 bits per heavy atom. The number of nitrogens with one attached hydrogen (secondary N) is 1. The van der Waals surface area contributed by atoms with Gasteiger partial charge in [-0.3, -0.25) is 9.59 Å². The average Bonchev–Trinajstić information content (AvgIpc) is 3.08. The highest BCUT2D eigenvalue weighted by molar-refractivity contribution is 5.89. The number of fused-ring (bicyclic) bond motifs is 1. The van der Waals surface area contributed by atoms with Gasteiger partial charge in [-0.15, -0.1) is 0 Å². The number of benzene rings is 1. The Balaban J connectivity index is 1.68. The van der Waals surface area contributed by atoms with Crippen molar-refractivity contribution in [3.05, 3.63) is 30.1 Å². The Bertz CT molecular complexity index is 796. The van der Waals surface area contributed by atoms with Gasteiger partial charge in [-0.2, -0.15) is 0 Å². The van der Waals surface area contributed by atoms with Gasteiger partial charge in [0.2, 0.25) is 11.8 Å². The average molecular weight is 342 g/mol. The SMILES string of the molecule is CC(C)CN1C[C@H](C(=O)N[C@H](C)c2nc3ccccc3n2C)CC1=O. The Morgan fingerprint density at radius 1 is 1.32 bits per heavy atom. The van der Waals surface area contributed by atoms with Gasteiger partial charge in [0.25, 0.3) is 0 Å². The van der Waals surface area contributed by atoms with E-state index < -0.39 is 0 Å². The molecule has 1 aliphatic heterocycles. The Kier molecular flexibility index (Phi) is 4.79. The molecule has 2 amide bonds. The van der Waals surface area contributed by atoms with Crippen LogP contribution in [0, 0.1) is 11.8 Å². The van der Waals surface area contributed by atoms with Crippen LogP contribution in [-0.4, -0.2) is 39.4 Å². The van der Waals surface area contributed by atoms with E-state index in [0.29, 0.717) is 25.4 Å². The molecule has 2 aromatic rings. The zero-order chi connectivity index (χ0) is 18.1. The van der Waals surface area contributed by atoms with Gasteiger partial charge in [0.05, 0.1) is 23.0 Å². The molecular formula is C19H26N4O2. The maximum atomic E-state index is 12.6. The number of aryl methyl sites for hydroxylation is 1. The summed E-state index contributed by atoms with van der Waals surface area (Å²) in [6.07, 6.45) is 0.299. The molecule has 1 fully saturated rings. The highest BCUT2D eigenvalue weighted by atomic mass is 16.2. The minimum atomic E-state index is -0.275. The molecule has 0 spiro atoms. The molecule has 1 aromatic carbocycles. The number of rotatable bonds is 5. The third kappa shape index (κ3) is 3.52. The second-order valence-corrected chi connectivity index (χ2v) is 7.34. The van der Waals surface area contributed by atoms with Crippen molar-refractivity contribution in [3.63, 3.8) is 0 Å². The number of hydrogen-bond acceptors (Lipinski definition) is 3. The lowest BCUT2D eigenvalue weighted by atomic mass is 10.1. The molecule has 3 rings (SSSR count). The van der Waals surface area contributed by atoms with Gasteiger partial charge in [0, 0.05) is 26.6 Å². The van der Waals surface area contributed by atoms with Gasteiger partial charge in [-0.1, -0.05) is 26.0 Å². The third-order valence-corrected chi connectivity index (χ3v) is 4.74. The summed E-state index contributed by atoms with van der Waals surface area (Å²) in [7, 11) is 1.96. The molecule has 2 atom stereocenters. The van der Waals surface area contributed by atoms with Gasteiger partial charge < -0.3 is 14.8 Å². The maximum absolute atomic E-state index is 12.6. The number of hydrogen-bond donors (Lipinski definition) is 1. The Labute approximate surface area is 148 Å². The predicted octanol–water partition coefficient (Wildman–Crippen LogP) is 2.25. The maximum Gasteiger partial charge on any atom is 0.226 e. The van der Waals surface area contributed by atoms with Gasteiger partial charge >= 0.3 is 0 Å². The van der Waals surface area contributed by atoms with Crippen LogP contribution in [0.4, 0.5) is 0 Å². The van der Waals surface area contributed by atoms with Crippen LogP contribution in [0.15, 0.2) is 24.3 Å². The summed E-state index contributed by atoms with van der Waals surface area (Å²) in [5.41, 5.74) is 1.96. The largest absolute Gasteiger partial charge is 0.346 e. The first-order valence-electron chi connectivity index (χ1n) is 8.86. The van der Waals surface area contributed by atoms with Crippen LogP contribution in [0.25, 0.3) is 11.0 Å². The monoisotopic (exact) mass is 342 g/mol. The first kappa shape index (κ1) is 17.5. The summed E-state index contributed by atoms with van der Waals surface area (Å²) in [6.45, 7) is 7.31. The van der Waals surface area contributed by atoms with Crippen LogP contribution in [0.5, 0.6) is 0 Å². The molecule has 2 heterocycles. The highest BCUT2D eigenvalue weighted by Crippen LogP contribution is 2.22. The molecule has 134 valence electrons. The quantitative estimate of drug-likeness (QED) is 0.906. The molecule has 0 aliphatic carbocycles. The third-order valence-electron chi connectivity index (χ3n) is 4.74. The molecule has 6 nitrogen and oxygen atoms in total. The molecule has 0 radical (unpaired) electrons. The van der Waals surface area contributed by atoms with E-state index in [4.69, 9.17) is 0 Å². The van der Waals surface area contributed by atoms with E-state index in [-0.39, 0.29) is 23.8 Å². The fraction of sp³-hybridized carbons (Fsp3) is 0.526. The summed E-state index contributed by atoms with van der Waals surface area (Å²) < 4.78 is 2.01. The second kappa shape index (κ2) is 6.86. The van der Waals surface area contributed by atoms with E-state index in [1.807, 2.05) is 42.8 Å². The van der Waals surface area contributed by atoms with Crippen LogP contribution in [-0.2, 0) is 16.6 Å². The summed E-state index contributed by atoms with van der Waals surface area (Å²) in [5, 5.41) is 3.03. The molecule has 0 unspecified atom stereocenters. The van der Waals surface area contributed by atoms with E-state index in [0.717, 1.165) is 16.9 Å². The van der Waals surface area contributed by atoms with E-state index in [2.05, 4.69) is 24.1 Å². The lowest BCUT2D eigenvalue weighted by Crippen LogP contribution is -2.36. The van der Waals surface area contributed by atoms with E-state index in [1.165, 1.54) is 0 Å². The smallest absolute Gasteiger partial charge is 0.226 e. The van der Waals surface area contributed by atoms with Gasteiger partial charge in [0.15, 0.2) is 0 Å². The minimum Gasteiger partial charge on any atom is -0.346 e. The van der Waals surface area contributed by atoms with Gasteiger partial charge in [-0.05, 0) is 25.0 Å². The van der Waals surface area contributed by atoms with E-state index >= 15 is 0 Å². The number of imidazole rings is 1. The molecule has 6 heteroatoms. The van der Waals surface area contributed by atoms with Crippen LogP contribution >= 0.6 is 0 Å². The van der Waals surface area contributed by atoms with Crippen molar-refractivity contribution in [3.8, 4) is 0 Å². The lowest BCUT2D eigenvalue weighted by molar-refractivity contribution is -0.129. The topological polar surface area (TPSA) is 67.2 Å². The second-order valence-electron chi connectivity index (χ2n) is 7.34. The van der Waals surface area contributed by atoms with Crippen molar-refractivity contribution < 1.29 is 9.59 Å². The van der Waals surface area contributed by atoms with Crippen molar-refractivity contribution in [2.45, 2.75) is 33.2 Å². The number of aromatic nitrogens is 2. The van der Waals surface area contributed by atoms with Crippen LogP contribution in [0.2, 0.25) is 0 Å². The Hall–Kier alpha value is -2.37. The molecule has 1 aromatic heterocycles. The highest BCUT2D eigenvalue weighted by Gasteiger charge is 2.35. The van der Waals surface area contributed by atoms with Crippen molar-refractivity contribution in [2.24, 2.45) is 18.9 Å². The van der Waals surface area contributed by atoms with E-state index in [9.17, 15) is 9.59 Å². The summed E-state index contributed by atoms with van der Waals surface area (Å²) in [5.74, 6) is 0.953. The van der Waals surface area contributed by atoms with Crippen LogP contribution < -0.4 is 5.32 Å². The number of amides is 2. The van der Waals surface area contributed by atoms with Gasteiger partial charge in [-0.25, -0.2) is 4.98 Å². The number of likely N-dealkylation sites (tertiary alicyclic amines) is 1. The number of carbonyl (C=O) groups excluding carboxylic acids is 2. The molecule has 1 aliphatic rings. The zero-order valence-corrected chi connectivity index (χ0v) is 15.3. The molecule has 1 N–H and O–H groups in total. The standard InChI is InChI=1S/C19H26N4O2/c1-12(2)10-23-11-14(9-17(23)24)19(25)20-13(3)18-21-15-7-5-6-8-16(15)22(18)4/h5-8,12-14H,9-11H2,1-4H3,(H,20,25)/t13-,14-/m1/s1. The first-order valence-corrected chi connectivity index (χ1v) is 8.86. The Morgan fingerprint density at radius 3 is 2.72 bits per heavy atom. The van der Waals surface area contributed by atoms with Crippen LogP contribution in [0.3, 0.4) is 0 Å². The zero-order valence-electron chi connectivity index (χ0n) is 15.3. The molecule has 0 saturated carbocycles. The van der Waals surface area contributed by atoms with Crippen molar-refractivity contribution >= 4 is 22.8 Å². The lowest BCUT2D eigenvalue weighted by Gasteiger charge is -2.19. The van der Waals surface area contributed by atoms with Crippen molar-refractivity contribution in [2.75, 3.05) is 13.1 Å². The molecule has 25 heavy (non-hydrogen) atoms. The summed E-state index contributed by atoms with van der Waals surface area (Å²) in [6, 6.07) is 7.70. The van der Waals surface area contributed by atoms with E-state index in [1.54, 1.807) is 4.90 Å². The number of para-hydroxylation sites is 2. The minimum absolute atomic E-state index is 0.0702. The number of carbonyl (C=O) groups is 2. The summed E-state index contributed by atoms with van der Waals surface area (Å²) >= 11 is 0. The fourth-order valence-corrected chi connectivity index (χ4v) is 3.51. The molecular weight excluding hydrogens is 316 g/mol. The van der Waals surface area contributed by atoms with Crippen molar-refractivity contribution in [1.82, 2.24) is 19.8 Å². The fourth-order valence-electron chi connectivity index (χ4n) is 3.51.